The van der Waals surface area contributed by atoms with Crippen molar-refractivity contribution in [2.75, 3.05) is 44.4 Å². The maximum atomic E-state index is 9.95. The third-order valence-corrected chi connectivity index (χ3v) is 4.34. The van der Waals surface area contributed by atoms with E-state index < -0.39 is 30.3 Å². The van der Waals surface area contributed by atoms with Crippen LogP contribution in [0.5, 0.6) is 5.88 Å². The molecule has 178 valence electrons. The smallest absolute Gasteiger partial charge is 0.335 e. The van der Waals surface area contributed by atoms with Crippen molar-refractivity contribution in [2.45, 2.75) is 44.6 Å². The van der Waals surface area contributed by atoms with E-state index in [2.05, 4.69) is 39.7 Å². The van der Waals surface area contributed by atoms with Crippen molar-refractivity contribution in [2.24, 2.45) is 0 Å². The molecule has 13 nitrogen and oxygen atoms in total. The number of aliphatic hydroxyl groups excluding tert-OH is 3. The number of carboxylic acids is 2. The summed E-state index contributed by atoms with van der Waals surface area (Å²) >= 11 is 1.12. The van der Waals surface area contributed by atoms with Crippen molar-refractivity contribution < 1.29 is 44.6 Å². The highest BCUT2D eigenvalue weighted by molar-refractivity contribution is 6.99. The number of ether oxygens (including phenoxy) is 2. The summed E-state index contributed by atoms with van der Waals surface area (Å²) in [7, 11) is 0. The quantitative estimate of drug-likeness (QED) is 0.243. The molecule has 0 amide bonds. The van der Waals surface area contributed by atoms with Crippen molar-refractivity contribution in [3.63, 3.8) is 0 Å². The molecule has 1 aliphatic heterocycles. The van der Waals surface area contributed by atoms with E-state index in [4.69, 9.17) is 29.9 Å². The van der Waals surface area contributed by atoms with Crippen LogP contribution in [-0.4, -0.2) is 110 Å². The van der Waals surface area contributed by atoms with E-state index in [0.29, 0.717) is 25.6 Å². The standard InChI is InChI=1S/C13H24N4O3S.C4H6O6/c1-13(2,3)14-8-10(18)9-20-12-11(15-21-16-12)17-4-6-19-7-5-17;5-1(3(7)8)2(6)4(9)10/h10,14,18H,4-9H2,1-3H3;1-2,5-6H,(H,7,8)(H,9,10)/t10-;/m0./s1. The minimum Gasteiger partial charge on any atom is -0.479 e. The molecule has 1 saturated heterocycles. The number of hydrogen-bond acceptors (Lipinski definition) is 12. The Morgan fingerprint density at radius 1 is 1.13 bits per heavy atom. The van der Waals surface area contributed by atoms with Crippen LogP contribution >= 0.6 is 11.7 Å². The van der Waals surface area contributed by atoms with Gasteiger partial charge in [-0.2, -0.15) is 4.37 Å². The second-order valence-corrected chi connectivity index (χ2v) is 8.18. The lowest BCUT2D eigenvalue weighted by atomic mass is 10.1. The van der Waals surface area contributed by atoms with Crippen LogP contribution in [0.4, 0.5) is 5.82 Å². The summed E-state index contributed by atoms with van der Waals surface area (Å²) in [6, 6.07) is 0. The molecular formula is C17H30N4O9S. The van der Waals surface area contributed by atoms with Crippen LogP contribution in [-0.2, 0) is 14.3 Å². The van der Waals surface area contributed by atoms with Crippen molar-refractivity contribution in [1.29, 1.82) is 0 Å². The summed E-state index contributed by atoms with van der Waals surface area (Å²) in [6.07, 6.45) is -5.11. The van der Waals surface area contributed by atoms with Gasteiger partial charge in [0.25, 0.3) is 5.88 Å². The minimum absolute atomic E-state index is 0.0257. The van der Waals surface area contributed by atoms with E-state index >= 15 is 0 Å². The number of aromatic nitrogens is 2. The summed E-state index contributed by atoms with van der Waals surface area (Å²) < 4.78 is 19.4. The molecule has 0 aromatic carbocycles. The van der Waals surface area contributed by atoms with Gasteiger partial charge in [-0.1, -0.05) is 0 Å². The van der Waals surface area contributed by atoms with Gasteiger partial charge in [-0.25, -0.2) is 9.59 Å². The van der Waals surface area contributed by atoms with Crippen LogP contribution in [0.2, 0.25) is 0 Å². The second-order valence-electron chi connectivity index (χ2n) is 7.65. The van der Waals surface area contributed by atoms with Crippen molar-refractivity contribution in [1.82, 2.24) is 14.1 Å². The number of nitrogens with zero attached hydrogens (tertiary/aromatic N) is 3. The van der Waals surface area contributed by atoms with Crippen LogP contribution in [0.3, 0.4) is 0 Å². The molecule has 1 aromatic heterocycles. The molecule has 1 aliphatic rings. The maximum Gasteiger partial charge on any atom is 0.335 e. The van der Waals surface area contributed by atoms with Gasteiger partial charge in [-0.05, 0) is 20.8 Å². The first kappa shape index (κ1) is 26.9. The van der Waals surface area contributed by atoms with Gasteiger partial charge < -0.3 is 45.2 Å². The molecule has 1 fully saturated rings. The Morgan fingerprint density at radius 2 is 1.68 bits per heavy atom. The van der Waals surface area contributed by atoms with Crippen molar-refractivity contribution in [3.8, 4) is 5.88 Å². The molecule has 6 N–H and O–H groups in total. The summed E-state index contributed by atoms with van der Waals surface area (Å²) in [5.74, 6) is -2.29. The SMILES string of the molecule is CC(C)(C)NC[C@H](O)COc1nsnc1N1CCOCC1.O=C(O)C(O)C(O)C(=O)O. The monoisotopic (exact) mass is 466 g/mol. The molecule has 3 atom stereocenters. The fourth-order valence-electron chi connectivity index (χ4n) is 2.16. The van der Waals surface area contributed by atoms with Gasteiger partial charge in [-0.15, -0.1) is 4.37 Å². The third kappa shape index (κ3) is 10.2. The van der Waals surface area contributed by atoms with E-state index in [-0.39, 0.29) is 12.1 Å². The zero-order chi connectivity index (χ0) is 23.6. The number of hydrogen-bond donors (Lipinski definition) is 6. The van der Waals surface area contributed by atoms with Crippen LogP contribution in [0.15, 0.2) is 0 Å². The van der Waals surface area contributed by atoms with Crippen LogP contribution < -0.4 is 15.0 Å². The highest BCUT2D eigenvalue weighted by atomic mass is 32.1. The molecule has 0 radical (unpaired) electrons. The van der Waals surface area contributed by atoms with E-state index in [1.54, 1.807) is 0 Å². The van der Waals surface area contributed by atoms with Crippen molar-refractivity contribution in [3.05, 3.63) is 0 Å². The fraction of sp³-hybridized carbons (Fsp3) is 0.765. The molecule has 14 heteroatoms. The summed E-state index contributed by atoms with van der Waals surface area (Å²) in [6.45, 7) is 9.81. The zero-order valence-electron chi connectivity index (χ0n) is 17.6. The normalized spacial score (nSPS) is 17.2. The average Bonchev–Trinajstić information content (AvgIpc) is 3.18. The molecule has 31 heavy (non-hydrogen) atoms. The number of nitrogens with one attached hydrogen (secondary N) is 1. The molecular weight excluding hydrogens is 436 g/mol. The van der Waals surface area contributed by atoms with Gasteiger partial charge in [0.2, 0.25) is 5.82 Å². The summed E-state index contributed by atoms with van der Waals surface area (Å²) in [4.78, 5) is 21.6. The van der Waals surface area contributed by atoms with Crippen molar-refractivity contribution >= 4 is 29.5 Å². The first-order valence-electron chi connectivity index (χ1n) is 9.45. The molecule has 0 bridgehead atoms. The van der Waals surface area contributed by atoms with E-state index in [0.717, 1.165) is 30.6 Å². The molecule has 0 spiro atoms. The minimum atomic E-state index is -2.27. The highest BCUT2D eigenvalue weighted by Crippen LogP contribution is 2.26. The van der Waals surface area contributed by atoms with Gasteiger partial charge in [0.1, 0.15) is 12.7 Å². The van der Waals surface area contributed by atoms with Gasteiger partial charge >= 0.3 is 11.9 Å². The third-order valence-electron chi connectivity index (χ3n) is 3.84. The van der Waals surface area contributed by atoms with E-state index in [9.17, 15) is 14.7 Å². The Bertz CT molecular complexity index is 673. The number of aliphatic carboxylic acids is 2. The number of morpholine rings is 1. The number of β-amino-alcohol motifs (C(OH)–C–C–N with tert-alkyl or cyclic N) is 1. The predicted molar refractivity (Wildman–Crippen MR) is 109 cm³/mol. The van der Waals surface area contributed by atoms with Crippen LogP contribution in [0.1, 0.15) is 20.8 Å². The average molecular weight is 467 g/mol. The lowest BCUT2D eigenvalue weighted by Crippen LogP contribution is -2.42. The van der Waals surface area contributed by atoms with Crippen LogP contribution in [0.25, 0.3) is 0 Å². The lowest BCUT2D eigenvalue weighted by Gasteiger charge is -2.27. The van der Waals surface area contributed by atoms with E-state index in [1.807, 2.05) is 0 Å². The Kier molecular flexibility index (Phi) is 11.0. The Morgan fingerprint density at radius 3 is 2.16 bits per heavy atom. The topological polar surface area (TPSA) is 195 Å². The molecule has 1 aromatic rings. The zero-order valence-corrected chi connectivity index (χ0v) is 18.4. The first-order valence-corrected chi connectivity index (χ1v) is 10.2. The second kappa shape index (κ2) is 12.7. The van der Waals surface area contributed by atoms with Gasteiger partial charge in [0.05, 0.1) is 24.9 Å². The predicted octanol–water partition coefficient (Wildman–Crippen LogP) is -1.62. The van der Waals surface area contributed by atoms with Gasteiger partial charge in [0.15, 0.2) is 12.2 Å². The molecule has 2 unspecified atom stereocenters. The number of anilines is 1. The molecule has 0 saturated carbocycles. The Labute approximate surface area is 183 Å². The molecule has 2 heterocycles. The Balaban J connectivity index is 0.000000407. The highest BCUT2D eigenvalue weighted by Gasteiger charge is 2.29. The fourth-order valence-corrected chi connectivity index (χ4v) is 2.68. The number of carboxylic acid groups (broad SMARTS) is 2. The first-order chi connectivity index (χ1) is 14.4. The number of rotatable bonds is 9. The Hall–Kier alpha value is -2.10. The number of carbonyl (C=O) groups is 2. The molecule has 0 aliphatic carbocycles. The lowest BCUT2D eigenvalue weighted by molar-refractivity contribution is -0.165. The van der Waals surface area contributed by atoms with Gasteiger partial charge in [0, 0.05) is 25.2 Å². The number of aliphatic hydroxyl groups is 3. The van der Waals surface area contributed by atoms with E-state index in [1.165, 1.54) is 0 Å². The van der Waals surface area contributed by atoms with Crippen LogP contribution in [0, 0.1) is 0 Å². The maximum absolute atomic E-state index is 9.95. The molecule has 2 rings (SSSR count). The summed E-state index contributed by atoms with van der Waals surface area (Å²) in [5, 5.41) is 45.7. The largest absolute Gasteiger partial charge is 0.479 e. The summed E-state index contributed by atoms with van der Waals surface area (Å²) in [5.41, 5.74) is -0.0257. The van der Waals surface area contributed by atoms with Gasteiger partial charge in [-0.3, -0.25) is 0 Å².